The van der Waals surface area contributed by atoms with Crippen molar-refractivity contribution < 1.29 is 9.90 Å². The first-order valence-electron chi connectivity index (χ1n) is 8.12. The van der Waals surface area contributed by atoms with Crippen LogP contribution in [0.3, 0.4) is 0 Å². The second kappa shape index (κ2) is 5.80. The quantitative estimate of drug-likeness (QED) is 0.894. The van der Waals surface area contributed by atoms with E-state index in [2.05, 4.69) is 24.4 Å². The smallest absolute Gasteiger partial charge is 0.223 e. The minimum atomic E-state index is -0.681. The Morgan fingerprint density at radius 2 is 1.95 bits per heavy atom. The summed E-state index contributed by atoms with van der Waals surface area (Å²) in [6.07, 6.45) is 4.67. The van der Waals surface area contributed by atoms with E-state index >= 15 is 0 Å². The van der Waals surface area contributed by atoms with Gasteiger partial charge in [-0.15, -0.1) is 0 Å². The Kier molecular flexibility index (Phi) is 4.03. The van der Waals surface area contributed by atoms with Gasteiger partial charge in [0.05, 0.1) is 5.60 Å². The van der Waals surface area contributed by atoms with Crippen molar-refractivity contribution in [2.75, 3.05) is 6.54 Å². The molecule has 21 heavy (non-hydrogen) atoms. The van der Waals surface area contributed by atoms with E-state index in [-0.39, 0.29) is 11.8 Å². The largest absolute Gasteiger partial charge is 0.388 e. The van der Waals surface area contributed by atoms with E-state index in [1.807, 2.05) is 18.2 Å². The van der Waals surface area contributed by atoms with Crippen molar-refractivity contribution in [3.8, 4) is 0 Å². The summed E-state index contributed by atoms with van der Waals surface area (Å²) in [4.78, 5) is 12.2. The predicted molar refractivity (Wildman–Crippen MR) is 82.9 cm³/mol. The Balaban J connectivity index is 1.48. The normalized spacial score (nSPS) is 35.2. The summed E-state index contributed by atoms with van der Waals surface area (Å²) < 4.78 is 0. The second-order valence-electron chi connectivity index (χ2n) is 6.98. The number of carbonyl (C=O) groups excluding carboxylic acids is 1. The van der Waals surface area contributed by atoms with Crippen LogP contribution < -0.4 is 5.32 Å². The van der Waals surface area contributed by atoms with Crippen LogP contribution in [0.25, 0.3) is 0 Å². The Morgan fingerprint density at radius 3 is 2.62 bits per heavy atom. The minimum Gasteiger partial charge on any atom is -0.388 e. The van der Waals surface area contributed by atoms with Crippen molar-refractivity contribution in [3.63, 3.8) is 0 Å². The van der Waals surface area contributed by atoms with Crippen LogP contribution in [0, 0.1) is 11.8 Å². The molecule has 0 aromatic heterocycles. The zero-order valence-electron chi connectivity index (χ0n) is 12.7. The molecule has 1 aromatic rings. The van der Waals surface area contributed by atoms with Crippen LogP contribution >= 0.6 is 0 Å². The molecule has 3 rings (SSSR count). The monoisotopic (exact) mass is 287 g/mol. The number of hydrogen-bond acceptors (Lipinski definition) is 2. The van der Waals surface area contributed by atoms with Gasteiger partial charge in [0.2, 0.25) is 5.91 Å². The van der Waals surface area contributed by atoms with Crippen LogP contribution in [0.15, 0.2) is 30.3 Å². The summed E-state index contributed by atoms with van der Waals surface area (Å²) in [5.74, 6) is 1.27. The summed E-state index contributed by atoms with van der Waals surface area (Å²) in [5, 5.41) is 13.5. The van der Waals surface area contributed by atoms with Crippen LogP contribution in [0.2, 0.25) is 0 Å². The lowest BCUT2D eigenvalue weighted by Gasteiger charge is -2.35. The molecule has 0 radical (unpaired) electrons. The molecule has 3 heteroatoms. The molecular formula is C18H25NO2. The number of hydrogen-bond donors (Lipinski definition) is 2. The highest BCUT2D eigenvalue weighted by atomic mass is 16.3. The maximum atomic E-state index is 12.2. The molecule has 114 valence electrons. The van der Waals surface area contributed by atoms with E-state index in [0.717, 1.165) is 32.1 Å². The molecule has 1 amide bonds. The van der Waals surface area contributed by atoms with E-state index in [9.17, 15) is 9.90 Å². The number of carbonyl (C=O) groups is 1. The van der Waals surface area contributed by atoms with Crippen LogP contribution in [0.4, 0.5) is 0 Å². The van der Waals surface area contributed by atoms with Crippen molar-refractivity contribution in [3.05, 3.63) is 35.9 Å². The Morgan fingerprint density at radius 1 is 1.29 bits per heavy atom. The Labute approximate surface area is 126 Å². The van der Waals surface area contributed by atoms with Crippen LogP contribution in [0.1, 0.15) is 50.5 Å². The van der Waals surface area contributed by atoms with Gasteiger partial charge >= 0.3 is 0 Å². The van der Waals surface area contributed by atoms with Crippen LogP contribution in [-0.4, -0.2) is 23.2 Å². The topological polar surface area (TPSA) is 49.3 Å². The molecule has 0 spiro atoms. The summed E-state index contributed by atoms with van der Waals surface area (Å²) >= 11 is 0. The first-order chi connectivity index (χ1) is 10.1. The highest BCUT2D eigenvalue weighted by molar-refractivity contribution is 5.82. The molecule has 0 heterocycles. The molecule has 0 bridgehead atoms. The lowest BCUT2D eigenvalue weighted by molar-refractivity contribution is -0.124. The maximum Gasteiger partial charge on any atom is 0.223 e. The third-order valence-electron chi connectivity index (χ3n) is 5.15. The zero-order valence-corrected chi connectivity index (χ0v) is 12.7. The van der Waals surface area contributed by atoms with E-state index < -0.39 is 5.60 Å². The molecule has 0 saturated heterocycles. The van der Waals surface area contributed by atoms with Gasteiger partial charge in [0.1, 0.15) is 0 Å². The molecule has 1 aromatic carbocycles. The first-order valence-corrected chi connectivity index (χ1v) is 8.12. The van der Waals surface area contributed by atoms with E-state index in [1.54, 1.807) is 0 Å². The van der Waals surface area contributed by atoms with Gasteiger partial charge in [0, 0.05) is 12.5 Å². The number of aliphatic hydroxyl groups is 1. The van der Waals surface area contributed by atoms with E-state index in [0.29, 0.717) is 18.4 Å². The lowest BCUT2D eigenvalue weighted by atomic mass is 9.79. The van der Waals surface area contributed by atoms with Gasteiger partial charge in [0.25, 0.3) is 0 Å². The van der Waals surface area contributed by atoms with Crippen molar-refractivity contribution in [1.29, 1.82) is 0 Å². The molecule has 2 fully saturated rings. The van der Waals surface area contributed by atoms with E-state index in [1.165, 1.54) is 5.56 Å². The maximum absolute atomic E-state index is 12.2. The van der Waals surface area contributed by atoms with Gasteiger partial charge in [-0.3, -0.25) is 4.79 Å². The molecule has 2 aliphatic rings. The SMILES string of the molecule is CC1CCC(O)(CNC(=O)C2CC2c2ccccc2)CC1. The third-order valence-corrected chi connectivity index (χ3v) is 5.15. The highest BCUT2D eigenvalue weighted by Gasteiger charge is 2.44. The average molecular weight is 287 g/mol. The molecule has 2 aliphatic carbocycles. The molecule has 2 atom stereocenters. The molecule has 2 saturated carbocycles. The van der Waals surface area contributed by atoms with Crippen molar-refractivity contribution in [2.24, 2.45) is 11.8 Å². The van der Waals surface area contributed by atoms with Crippen LogP contribution in [-0.2, 0) is 4.79 Å². The minimum absolute atomic E-state index is 0.0958. The number of rotatable bonds is 4. The predicted octanol–water partition coefficient (Wildman–Crippen LogP) is 2.85. The molecule has 0 aliphatic heterocycles. The standard InChI is InChI=1S/C18H25NO2/c1-13-7-9-18(21,10-8-13)12-19-17(20)16-11-15(16)14-5-3-2-4-6-14/h2-6,13,15-16,21H,7-12H2,1H3,(H,19,20). The summed E-state index contributed by atoms with van der Waals surface area (Å²) in [5.41, 5.74) is 0.571. The zero-order chi connectivity index (χ0) is 14.9. The number of amides is 1. The fourth-order valence-electron chi connectivity index (χ4n) is 3.41. The Hall–Kier alpha value is -1.35. The van der Waals surface area contributed by atoms with Crippen LogP contribution in [0.5, 0.6) is 0 Å². The lowest BCUT2D eigenvalue weighted by Crippen LogP contribution is -2.45. The number of nitrogens with one attached hydrogen (secondary N) is 1. The molecule has 2 unspecified atom stereocenters. The average Bonchev–Trinajstić information content (AvgIpc) is 3.30. The fourth-order valence-corrected chi connectivity index (χ4v) is 3.41. The van der Waals surface area contributed by atoms with E-state index in [4.69, 9.17) is 0 Å². The highest BCUT2D eigenvalue weighted by Crippen LogP contribution is 2.47. The van der Waals surface area contributed by atoms with Gasteiger partial charge in [-0.1, -0.05) is 37.3 Å². The van der Waals surface area contributed by atoms with Gasteiger partial charge in [0.15, 0.2) is 0 Å². The fraction of sp³-hybridized carbons (Fsp3) is 0.611. The van der Waals surface area contributed by atoms with Crippen molar-refractivity contribution in [2.45, 2.75) is 50.5 Å². The molecule has 3 nitrogen and oxygen atoms in total. The first kappa shape index (κ1) is 14.6. The molecule has 2 N–H and O–H groups in total. The summed E-state index contributed by atoms with van der Waals surface area (Å²) in [7, 11) is 0. The van der Waals surface area contributed by atoms with Gasteiger partial charge in [-0.25, -0.2) is 0 Å². The number of benzene rings is 1. The summed E-state index contributed by atoms with van der Waals surface area (Å²) in [6, 6.07) is 10.2. The summed E-state index contributed by atoms with van der Waals surface area (Å²) in [6.45, 7) is 2.64. The molecular weight excluding hydrogens is 262 g/mol. The van der Waals surface area contributed by atoms with Gasteiger partial charge in [-0.2, -0.15) is 0 Å². The van der Waals surface area contributed by atoms with Crippen molar-refractivity contribution in [1.82, 2.24) is 5.32 Å². The van der Waals surface area contributed by atoms with Gasteiger partial charge < -0.3 is 10.4 Å². The van der Waals surface area contributed by atoms with Gasteiger partial charge in [-0.05, 0) is 49.5 Å². The second-order valence-corrected chi connectivity index (χ2v) is 6.98. The van der Waals surface area contributed by atoms with Crippen molar-refractivity contribution >= 4 is 5.91 Å². The Bertz CT molecular complexity index is 491. The third kappa shape index (κ3) is 3.46.